The van der Waals surface area contributed by atoms with Crippen molar-refractivity contribution in [2.24, 2.45) is 0 Å². The molecule has 0 bridgehead atoms. The summed E-state index contributed by atoms with van der Waals surface area (Å²) in [4.78, 5) is 16.9. The van der Waals surface area contributed by atoms with Crippen LogP contribution in [0, 0.1) is 12.7 Å². The number of hydrogen-bond acceptors (Lipinski definition) is 6. The third kappa shape index (κ3) is 3.29. The van der Waals surface area contributed by atoms with Gasteiger partial charge in [0.2, 0.25) is 17.8 Å². The first-order valence-electron chi connectivity index (χ1n) is 8.87. The van der Waals surface area contributed by atoms with Gasteiger partial charge in [0.15, 0.2) is 11.5 Å². The molecule has 1 amide bonds. The molecule has 1 N–H and O–H groups in total. The molecule has 0 radical (unpaired) electrons. The quantitative estimate of drug-likeness (QED) is 0.553. The van der Waals surface area contributed by atoms with Gasteiger partial charge in [0.1, 0.15) is 17.2 Å². The van der Waals surface area contributed by atoms with Crippen LogP contribution < -0.4 is 14.8 Å². The zero-order chi connectivity index (χ0) is 20.0. The number of ether oxygens (including phenoxy) is 2. The van der Waals surface area contributed by atoms with Crippen molar-refractivity contribution in [1.82, 2.24) is 14.8 Å². The van der Waals surface area contributed by atoms with E-state index in [1.807, 2.05) is 13.0 Å². The van der Waals surface area contributed by atoms with Crippen molar-refractivity contribution >= 4 is 33.3 Å². The van der Waals surface area contributed by atoms with Crippen LogP contribution >= 0.6 is 11.3 Å². The molecule has 0 fully saturated rings. The number of hydrogen-bond donors (Lipinski definition) is 1. The molecule has 146 valence electrons. The fourth-order valence-electron chi connectivity index (χ4n) is 3.15. The lowest BCUT2D eigenvalue weighted by Gasteiger charge is -2.07. The number of aryl methyl sites for hydroxylation is 1. The number of fused-ring (bicyclic) bond motifs is 2. The number of benzene rings is 2. The molecule has 1 aliphatic heterocycles. The summed E-state index contributed by atoms with van der Waals surface area (Å²) >= 11 is 1.30. The summed E-state index contributed by atoms with van der Waals surface area (Å²) in [5, 5.41) is 7.75. The van der Waals surface area contributed by atoms with Crippen LogP contribution in [0.4, 0.5) is 10.2 Å². The van der Waals surface area contributed by atoms with Crippen LogP contribution in [0.1, 0.15) is 11.3 Å². The van der Waals surface area contributed by atoms with Crippen LogP contribution in [0.5, 0.6) is 11.5 Å². The Kier molecular flexibility index (Phi) is 4.17. The van der Waals surface area contributed by atoms with Crippen molar-refractivity contribution in [2.75, 3.05) is 12.1 Å². The van der Waals surface area contributed by atoms with Gasteiger partial charge in [-0.25, -0.2) is 9.37 Å². The van der Waals surface area contributed by atoms with Gasteiger partial charge in [-0.05, 0) is 36.8 Å². The van der Waals surface area contributed by atoms with Crippen molar-refractivity contribution in [3.63, 3.8) is 0 Å². The predicted molar refractivity (Wildman–Crippen MR) is 106 cm³/mol. The molecule has 7 nitrogen and oxygen atoms in total. The summed E-state index contributed by atoms with van der Waals surface area (Å²) in [6, 6.07) is 12.0. The molecule has 4 aromatic rings. The Morgan fingerprint density at radius 3 is 2.97 bits per heavy atom. The summed E-state index contributed by atoms with van der Waals surface area (Å²) < 4.78 is 26.9. The van der Waals surface area contributed by atoms with Crippen LogP contribution in [-0.2, 0) is 11.2 Å². The highest BCUT2D eigenvalue weighted by molar-refractivity contribution is 7.20. The Morgan fingerprint density at radius 2 is 2.10 bits per heavy atom. The van der Waals surface area contributed by atoms with E-state index in [1.54, 1.807) is 30.3 Å². The average Bonchev–Trinajstić information content (AvgIpc) is 3.39. The van der Waals surface area contributed by atoms with Gasteiger partial charge in [-0.2, -0.15) is 9.78 Å². The second-order valence-electron chi connectivity index (χ2n) is 6.58. The Morgan fingerprint density at radius 1 is 1.24 bits per heavy atom. The number of nitrogens with one attached hydrogen (secondary N) is 1. The minimum Gasteiger partial charge on any atom is -0.454 e. The molecule has 0 aliphatic carbocycles. The maximum Gasteiger partial charge on any atom is 0.231 e. The number of carbonyl (C=O) groups is 1. The van der Waals surface area contributed by atoms with Crippen LogP contribution in [-0.4, -0.2) is 27.5 Å². The maximum absolute atomic E-state index is 14.0. The van der Waals surface area contributed by atoms with Gasteiger partial charge >= 0.3 is 0 Å². The first kappa shape index (κ1) is 17.6. The molecule has 0 atom stereocenters. The van der Waals surface area contributed by atoms with Crippen molar-refractivity contribution in [2.45, 2.75) is 13.3 Å². The summed E-state index contributed by atoms with van der Waals surface area (Å²) in [7, 11) is 0. The number of carbonyl (C=O) groups excluding carboxylic acids is 1. The summed E-state index contributed by atoms with van der Waals surface area (Å²) in [5.74, 6) is 1.19. The highest BCUT2D eigenvalue weighted by Crippen LogP contribution is 2.33. The molecule has 9 heteroatoms. The summed E-state index contributed by atoms with van der Waals surface area (Å²) in [6.45, 7) is 2.00. The highest BCUT2D eigenvalue weighted by Gasteiger charge is 2.18. The van der Waals surface area contributed by atoms with E-state index < -0.39 is 0 Å². The number of rotatable bonds is 4. The van der Waals surface area contributed by atoms with Crippen molar-refractivity contribution in [3.05, 3.63) is 59.5 Å². The second kappa shape index (κ2) is 6.85. The van der Waals surface area contributed by atoms with Crippen LogP contribution in [0.25, 0.3) is 15.3 Å². The number of halogens is 1. The largest absolute Gasteiger partial charge is 0.454 e. The normalized spacial score (nSPS) is 12.5. The topological polar surface area (TPSA) is 78.3 Å². The minimum atomic E-state index is -0.387. The van der Waals surface area contributed by atoms with E-state index in [4.69, 9.17) is 9.47 Å². The van der Waals surface area contributed by atoms with Crippen molar-refractivity contribution in [1.29, 1.82) is 0 Å². The number of amides is 1. The molecule has 2 aromatic carbocycles. The molecular formula is C20H15FN4O3S. The minimum absolute atomic E-state index is 0.162. The molecule has 3 heterocycles. The second-order valence-corrected chi connectivity index (χ2v) is 7.59. The Hall–Kier alpha value is -3.46. The molecule has 2 aromatic heterocycles. The van der Waals surface area contributed by atoms with Gasteiger partial charge in [-0.15, -0.1) is 0 Å². The van der Waals surface area contributed by atoms with E-state index in [0.717, 1.165) is 5.56 Å². The van der Waals surface area contributed by atoms with Gasteiger partial charge < -0.3 is 14.8 Å². The monoisotopic (exact) mass is 410 g/mol. The van der Waals surface area contributed by atoms with Gasteiger partial charge in [-0.1, -0.05) is 23.5 Å². The number of aromatic nitrogens is 3. The predicted octanol–water partition coefficient (Wildman–Crippen LogP) is 3.84. The maximum atomic E-state index is 14.0. The molecule has 0 saturated heterocycles. The van der Waals surface area contributed by atoms with Gasteiger partial charge in [0, 0.05) is 6.07 Å². The molecular weight excluding hydrogens is 395 g/mol. The van der Waals surface area contributed by atoms with Crippen LogP contribution in [0.3, 0.4) is 0 Å². The first-order chi connectivity index (χ1) is 14.1. The molecule has 1 aliphatic rings. The zero-order valence-electron chi connectivity index (χ0n) is 15.3. The van der Waals surface area contributed by atoms with Crippen LogP contribution in [0.2, 0.25) is 0 Å². The Bertz CT molecular complexity index is 1250. The van der Waals surface area contributed by atoms with Crippen LogP contribution in [0.15, 0.2) is 42.5 Å². The fraction of sp³-hybridized carbons (Fsp3) is 0.150. The number of para-hydroxylation sites is 1. The first-order valence-corrected chi connectivity index (χ1v) is 9.69. The standard InChI is InChI=1S/C20H15FN4O3S/c1-11-7-17(22-18(26)9-12-5-6-14-15(8-12)28-10-27-14)25(24-11)20-23-19-13(21)3-2-4-16(19)29-20/h2-8H,9-10H2,1H3,(H,22,26). The molecule has 29 heavy (non-hydrogen) atoms. The molecule has 0 unspecified atom stereocenters. The lowest BCUT2D eigenvalue weighted by molar-refractivity contribution is -0.115. The number of anilines is 1. The fourth-order valence-corrected chi connectivity index (χ4v) is 4.10. The zero-order valence-corrected chi connectivity index (χ0v) is 16.1. The highest BCUT2D eigenvalue weighted by atomic mass is 32.1. The summed E-state index contributed by atoms with van der Waals surface area (Å²) in [5.41, 5.74) is 1.80. The van der Waals surface area contributed by atoms with Crippen molar-refractivity contribution in [3.8, 4) is 16.6 Å². The third-order valence-electron chi connectivity index (χ3n) is 4.44. The Labute approximate surface area is 168 Å². The molecule has 5 rings (SSSR count). The average molecular weight is 410 g/mol. The van der Waals surface area contributed by atoms with E-state index in [-0.39, 0.29) is 24.9 Å². The van der Waals surface area contributed by atoms with Gasteiger partial charge in [0.05, 0.1) is 16.8 Å². The lowest BCUT2D eigenvalue weighted by Crippen LogP contribution is -2.17. The lowest BCUT2D eigenvalue weighted by atomic mass is 10.1. The van der Waals surface area contributed by atoms with E-state index in [2.05, 4.69) is 15.4 Å². The number of nitrogens with zero attached hydrogens (tertiary/aromatic N) is 3. The van der Waals surface area contributed by atoms with E-state index in [0.29, 0.717) is 38.4 Å². The summed E-state index contributed by atoms with van der Waals surface area (Å²) in [6.07, 6.45) is 0.162. The Balaban J connectivity index is 1.40. The van der Waals surface area contributed by atoms with Gasteiger partial charge in [0.25, 0.3) is 0 Å². The third-order valence-corrected chi connectivity index (χ3v) is 5.44. The SMILES string of the molecule is Cc1cc(NC(=O)Cc2ccc3c(c2)OCO3)n(-c2nc3c(F)cccc3s2)n1. The van der Waals surface area contributed by atoms with E-state index >= 15 is 0 Å². The van der Waals surface area contributed by atoms with Crippen molar-refractivity contribution < 1.29 is 18.7 Å². The smallest absolute Gasteiger partial charge is 0.231 e. The molecule has 0 saturated carbocycles. The number of thiazole rings is 1. The van der Waals surface area contributed by atoms with E-state index in [1.165, 1.54) is 22.1 Å². The van der Waals surface area contributed by atoms with E-state index in [9.17, 15) is 9.18 Å². The molecule has 0 spiro atoms. The van der Waals surface area contributed by atoms with Gasteiger partial charge in [-0.3, -0.25) is 4.79 Å².